The molecule has 2 atom stereocenters. The molecule has 2 aliphatic heterocycles. The minimum Gasteiger partial charge on any atom is -0.464 e. The molecule has 9 heteroatoms. The molecule has 180 valence electrons. The largest absolute Gasteiger partial charge is 0.464 e. The van der Waals surface area contributed by atoms with Gasteiger partial charge in [-0.3, -0.25) is 4.79 Å². The smallest absolute Gasteiger partial charge is 0.356 e. The third-order valence-corrected chi connectivity index (χ3v) is 7.64. The number of carbonyl (C=O) groups is 2. The summed E-state index contributed by atoms with van der Waals surface area (Å²) in [7, 11) is 1.36. The van der Waals surface area contributed by atoms with Gasteiger partial charge in [0, 0.05) is 24.0 Å². The molecule has 0 unspecified atom stereocenters. The first-order valence-electron chi connectivity index (χ1n) is 11.9. The zero-order valence-electron chi connectivity index (χ0n) is 19.7. The normalized spacial score (nSPS) is 20.0. The molecule has 33 heavy (non-hydrogen) atoms. The van der Waals surface area contributed by atoms with E-state index in [-0.39, 0.29) is 17.9 Å². The molecule has 0 saturated carbocycles. The molecule has 0 spiro atoms. The van der Waals surface area contributed by atoms with Crippen LogP contribution in [0.25, 0.3) is 11.0 Å². The highest BCUT2D eigenvalue weighted by Crippen LogP contribution is 2.34. The van der Waals surface area contributed by atoms with Gasteiger partial charge < -0.3 is 24.7 Å². The van der Waals surface area contributed by atoms with E-state index in [0.717, 1.165) is 54.9 Å². The van der Waals surface area contributed by atoms with E-state index < -0.39 is 5.97 Å². The van der Waals surface area contributed by atoms with Gasteiger partial charge in [-0.1, -0.05) is 13.8 Å². The number of anilines is 2. The van der Waals surface area contributed by atoms with Gasteiger partial charge in [0.2, 0.25) is 5.91 Å². The third kappa shape index (κ3) is 5.30. The third-order valence-electron chi connectivity index (χ3n) is 6.59. The van der Waals surface area contributed by atoms with Crippen molar-refractivity contribution in [2.75, 3.05) is 35.9 Å². The van der Waals surface area contributed by atoms with Crippen LogP contribution in [-0.2, 0) is 20.8 Å². The predicted molar refractivity (Wildman–Crippen MR) is 132 cm³/mol. The van der Waals surface area contributed by atoms with Crippen molar-refractivity contribution in [2.24, 2.45) is 5.92 Å². The summed E-state index contributed by atoms with van der Waals surface area (Å²) in [6.07, 6.45) is 6.66. The number of hydrogen-bond acceptors (Lipinski definition) is 7. The van der Waals surface area contributed by atoms with Gasteiger partial charge in [0.25, 0.3) is 0 Å². The molecule has 2 aromatic heterocycles. The van der Waals surface area contributed by atoms with Crippen LogP contribution in [0.3, 0.4) is 0 Å². The number of hydrogen-bond donors (Lipinski definition) is 2. The zero-order chi connectivity index (χ0) is 23.4. The summed E-state index contributed by atoms with van der Waals surface area (Å²) in [5.41, 5.74) is 2.33. The van der Waals surface area contributed by atoms with Gasteiger partial charge in [-0.05, 0) is 49.7 Å². The van der Waals surface area contributed by atoms with Gasteiger partial charge in [-0.2, -0.15) is 11.8 Å². The number of esters is 1. The molecule has 2 N–H and O–H groups in total. The summed E-state index contributed by atoms with van der Waals surface area (Å²) in [5.74, 6) is 1.49. The van der Waals surface area contributed by atoms with E-state index in [1.807, 2.05) is 42.4 Å². The maximum atomic E-state index is 12.9. The lowest BCUT2D eigenvalue weighted by atomic mass is 10.1. The van der Waals surface area contributed by atoms with E-state index in [4.69, 9.17) is 14.5 Å². The van der Waals surface area contributed by atoms with E-state index in [9.17, 15) is 9.59 Å². The monoisotopic (exact) mass is 474 g/mol. The molecule has 1 amide bonds. The number of methoxy groups -OCH3 is 1. The van der Waals surface area contributed by atoms with E-state index in [1.54, 1.807) is 0 Å². The Bertz CT molecular complexity index is 996. The Morgan fingerprint density at radius 2 is 2.12 bits per heavy atom. The van der Waals surface area contributed by atoms with Crippen LogP contribution >= 0.6 is 11.8 Å². The summed E-state index contributed by atoms with van der Waals surface area (Å²) in [6.45, 7) is 5.05. The van der Waals surface area contributed by atoms with Crippen molar-refractivity contribution in [3.63, 3.8) is 0 Å². The predicted octanol–water partition coefficient (Wildman–Crippen LogP) is 4.29. The number of carbonyl (C=O) groups excluding carboxylic acids is 2. The summed E-state index contributed by atoms with van der Waals surface area (Å²) in [5, 5.41) is 7.35. The van der Waals surface area contributed by atoms with Crippen LogP contribution in [-0.4, -0.2) is 58.8 Å². The molecule has 4 rings (SSSR count). The Morgan fingerprint density at radius 3 is 2.79 bits per heavy atom. The van der Waals surface area contributed by atoms with Crippen molar-refractivity contribution in [1.29, 1.82) is 0 Å². The molecule has 2 aliphatic rings. The lowest BCUT2D eigenvalue weighted by molar-refractivity contribution is -0.119. The highest BCUT2D eigenvalue weighted by atomic mass is 32.2. The second kappa shape index (κ2) is 10.8. The lowest BCUT2D eigenvalue weighted by Gasteiger charge is -2.23. The van der Waals surface area contributed by atoms with Gasteiger partial charge >= 0.3 is 5.97 Å². The Morgan fingerprint density at radius 1 is 1.33 bits per heavy atom. The number of nitrogens with zero attached hydrogens (tertiary/aromatic N) is 2. The van der Waals surface area contributed by atoms with Crippen LogP contribution < -0.4 is 10.6 Å². The van der Waals surface area contributed by atoms with E-state index >= 15 is 0 Å². The lowest BCUT2D eigenvalue weighted by Crippen LogP contribution is -2.24. The highest BCUT2D eigenvalue weighted by Gasteiger charge is 2.29. The first-order chi connectivity index (χ1) is 16.0. The molecular weight excluding hydrogens is 440 g/mol. The van der Waals surface area contributed by atoms with Gasteiger partial charge in [0.05, 0.1) is 37.3 Å². The number of ether oxygens (including phenoxy) is 2. The van der Waals surface area contributed by atoms with Gasteiger partial charge in [0.1, 0.15) is 5.65 Å². The van der Waals surface area contributed by atoms with Crippen molar-refractivity contribution in [2.45, 2.75) is 64.6 Å². The van der Waals surface area contributed by atoms with Crippen LogP contribution in [0.1, 0.15) is 56.4 Å². The molecule has 2 saturated heterocycles. The fourth-order valence-electron chi connectivity index (χ4n) is 4.42. The maximum absolute atomic E-state index is 12.9. The fraction of sp³-hybridized carbons (Fsp3) is 0.625. The molecular formula is C24H34N4O4S. The molecule has 0 aromatic carbocycles. The standard InChI is InChI=1S/C24H34N4O4S/c1-4-15(2)23(29)27-20-19-12-17(26-16-7-10-33-11-8-16)13-25-22(19)28(21(20)24(30)31-3)14-18-6-5-9-32-18/h12-13,15-16,18,26H,4-11,14H2,1-3H3,(H,27,29)/t15-,18-/m1/s1. The van der Waals surface area contributed by atoms with E-state index in [0.29, 0.717) is 36.0 Å². The molecule has 8 nitrogen and oxygen atoms in total. The first kappa shape index (κ1) is 23.9. The van der Waals surface area contributed by atoms with Crippen molar-refractivity contribution in [3.05, 3.63) is 18.0 Å². The second-order valence-corrected chi connectivity index (χ2v) is 10.1. The number of thioether (sulfide) groups is 1. The molecule has 0 radical (unpaired) electrons. The number of aromatic nitrogens is 2. The van der Waals surface area contributed by atoms with Crippen LogP contribution in [0.4, 0.5) is 11.4 Å². The summed E-state index contributed by atoms with van der Waals surface area (Å²) in [4.78, 5) is 30.6. The highest BCUT2D eigenvalue weighted by molar-refractivity contribution is 7.99. The van der Waals surface area contributed by atoms with Gasteiger partial charge in [-0.15, -0.1) is 0 Å². The molecule has 0 bridgehead atoms. The number of nitrogens with one attached hydrogen (secondary N) is 2. The fourth-order valence-corrected chi connectivity index (χ4v) is 5.53. The van der Waals surface area contributed by atoms with Crippen molar-refractivity contribution < 1.29 is 19.1 Å². The van der Waals surface area contributed by atoms with Crippen LogP contribution in [0, 0.1) is 5.92 Å². The Balaban J connectivity index is 1.79. The average Bonchev–Trinajstić information content (AvgIpc) is 3.45. The quantitative estimate of drug-likeness (QED) is 0.551. The Labute approximate surface area is 199 Å². The number of rotatable bonds is 8. The van der Waals surface area contributed by atoms with Crippen molar-refractivity contribution in [1.82, 2.24) is 9.55 Å². The summed E-state index contributed by atoms with van der Waals surface area (Å²) >= 11 is 1.98. The zero-order valence-corrected chi connectivity index (χ0v) is 20.5. The van der Waals surface area contributed by atoms with Crippen molar-refractivity contribution >= 4 is 46.0 Å². The number of pyridine rings is 1. The average molecular weight is 475 g/mol. The number of amides is 1. The Kier molecular flexibility index (Phi) is 7.80. The van der Waals surface area contributed by atoms with E-state index in [1.165, 1.54) is 7.11 Å². The molecule has 2 fully saturated rings. The minimum atomic E-state index is -0.496. The maximum Gasteiger partial charge on any atom is 0.356 e. The topological polar surface area (TPSA) is 94.5 Å². The molecule has 2 aromatic rings. The van der Waals surface area contributed by atoms with E-state index in [2.05, 4.69) is 10.6 Å². The molecule has 0 aliphatic carbocycles. The van der Waals surface area contributed by atoms with Crippen LogP contribution in [0.15, 0.2) is 12.3 Å². The summed E-state index contributed by atoms with van der Waals surface area (Å²) < 4.78 is 12.8. The second-order valence-electron chi connectivity index (χ2n) is 8.89. The van der Waals surface area contributed by atoms with Crippen LogP contribution in [0.5, 0.6) is 0 Å². The minimum absolute atomic E-state index is 0.00136. The number of fused-ring (bicyclic) bond motifs is 1. The van der Waals surface area contributed by atoms with Crippen molar-refractivity contribution in [3.8, 4) is 0 Å². The molecule has 4 heterocycles. The Hall–Kier alpha value is -2.26. The van der Waals surface area contributed by atoms with Crippen LogP contribution in [0.2, 0.25) is 0 Å². The SMILES string of the molecule is CC[C@@H](C)C(=O)Nc1c(C(=O)OC)n(C[C@H]2CCCO2)c2ncc(NC3CCSCC3)cc12. The van der Waals surface area contributed by atoms with Gasteiger partial charge in [-0.25, -0.2) is 9.78 Å². The first-order valence-corrected chi connectivity index (χ1v) is 13.0. The van der Waals surface area contributed by atoms with Gasteiger partial charge in [0.15, 0.2) is 5.69 Å². The summed E-state index contributed by atoms with van der Waals surface area (Å²) in [6, 6.07) is 2.40.